The molecule has 3 aromatic carbocycles. The lowest BCUT2D eigenvalue weighted by atomic mass is 9.80. The molecule has 0 bridgehead atoms. The van der Waals surface area contributed by atoms with Crippen LogP contribution in [-0.2, 0) is 15.1 Å². The number of methoxy groups -OCH3 is 1. The van der Waals surface area contributed by atoms with Gasteiger partial charge in [-0.3, -0.25) is 14.3 Å². The van der Waals surface area contributed by atoms with Crippen LogP contribution in [0.15, 0.2) is 107 Å². The Morgan fingerprint density at radius 2 is 1.50 bits per heavy atom. The molecule has 9 nitrogen and oxygen atoms in total. The summed E-state index contributed by atoms with van der Waals surface area (Å²) < 4.78 is 19.7. The number of aliphatic hydroxyl groups excluding tert-OH is 2. The van der Waals surface area contributed by atoms with Crippen LogP contribution in [0.2, 0.25) is 0 Å². The third-order valence-electron chi connectivity index (χ3n) is 7.41. The summed E-state index contributed by atoms with van der Waals surface area (Å²) in [5.74, 6) is 0.0976. The number of aromatic nitrogens is 2. The largest absolute Gasteiger partial charge is 0.497 e. The zero-order valence-electron chi connectivity index (χ0n) is 22.1. The third kappa shape index (κ3) is 5.24. The average Bonchev–Trinajstić information content (AvgIpc) is 3.29. The van der Waals surface area contributed by atoms with E-state index < -0.39 is 41.2 Å². The molecule has 1 aliphatic rings. The SMILES string of the molecule is COc1ccc(C(OC[C@H]2O[C@@H](n3ccc(=O)[nH]c3=O)[C@H](CCO)[C@@H]2O)(c2ccccc2)c2ccccc2)cc1. The minimum Gasteiger partial charge on any atom is -0.497 e. The average molecular weight is 545 g/mol. The van der Waals surface area contributed by atoms with Gasteiger partial charge in [-0.15, -0.1) is 0 Å². The highest BCUT2D eigenvalue weighted by Gasteiger charge is 2.47. The fourth-order valence-corrected chi connectivity index (χ4v) is 5.43. The number of nitrogens with zero attached hydrogens (tertiary/aromatic N) is 1. The van der Waals surface area contributed by atoms with Gasteiger partial charge in [0.2, 0.25) is 0 Å². The Morgan fingerprint density at radius 3 is 2.05 bits per heavy atom. The minimum absolute atomic E-state index is 0.0342. The maximum absolute atomic E-state index is 12.6. The Morgan fingerprint density at radius 1 is 0.900 bits per heavy atom. The normalized spacial score (nSPS) is 20.9. The second kappa shape index (κ2) is 12.0. The van der Waals surface area contributed by atoms with Crippen molar-refractivity contribution in [3.63, 3.8) is 0 Å². The first-order chi connectivity index (χ1) is 19.5. The summed E-state index contributed by atoms with van der Waals surface area (Å²) in [5, 5.41) is 21.0. The van der Waals surface area contributed by atoms with Crippen LogP contribution in [0.5, 0.6) is 5.75 Å². The smallest absolute Gasteiger partial charge is 0.330 e. The van der Waals surface area contributed by atoms with E-state index in [1.165, 1.54) is 16.8 Å². The minimum atomic E-state index is -1.07. The van der Waals surface area contributed by atoms with Crippen molar-refractivity contribution in [2.75, 3.05) is 20.3 Å². The molecule has 0 amide bonds. The van der Waals surface area contributed by atoms with Gasteiger partial charge in [0.05, 0.1) is 19.8 Å². The molecule has 40 heavy (non-hydrogen) atoms. The maximum atomic E-state index is 12.6. The number of hydrogen-bond donors (Lipinski definition) is 3. The molecule has 4 atom stereocenters. The van der Waals surface area contributed by atoms with Crippen molar-refractivity contribution in [3.8, 4) is 5.75 Å². The fourth-order valence-electron chi connectivity index (χ4n) is 5.43. The van der Waals surface area contributed by atoms with Gasteiger partial charge in [0.25, 0.3) is 5.56 Å². The van der Waals surface area contributed by atoms with Gasteiger partial charge in [0, 0.05) is 24.8 Å². The van der Waals surface area contributed by atoms with Crippen LogP contribution in [0.3, 0.4) is 0 Å². The molecule has 1 fully saturated rings. The lowest BCUT2D eigenvalue weighted by molar-refractivity contribution is -0.0949. The van der Waals surface area contributed by atoms with Crippen LogP contribution in [0, 0.1) is 5.92 Å². The van der Waals surface area contributed by atoms with Crippen LogP contribution >= 0.6 is 0 Å². The summed E-state index contributed by atoms with van der Waals surface area (Å²) in [7, 11) is 1.61. The highest BCUT2D eigenvalue weighted by Crippen LogP contribution is 2.43. The molecule has 1 aromatic heterocycles. The van der Waals surface area contributed by atoms with E-state index in [4.69, 9.17) is 14.2 Å². The Balaban J connectivity index is 1.55. The maximum Gasteiger partial charge on any atom is 0.330 e. The lowest BCUT2D eigenvalue weighted by Crippen LogP contribution is -2.38. The summed E-state index contributed by atoms with van der Waals surface area (Å²) in [6.07, 6.45) is -1.25. The van der Waals surface area contributed by atoms with Crippen molar-refractivity contribution in [3.05, 3.63) is 135 Å². The van der Waals surface area contributed by atoms with Gasteiger partial charge in [0.1, 0.15) is 23.7 Å². The summed E-state index contributed by atoms with van der Waals surface area (Å²) in [5.41, 5.74) is 0.331. The van der Waals surface area contributed by atoms with E-state index in [0.29, 0.717) is 5.75 Å². The Labute approximate surface area is 231 Å². The summed E-state index contributed by atoms with van der Waals surface area (Å²) in [6.45, 7) is -0.245. The van der Waals surface area contributed by atoms with E-state index in [9.17, 15) is 19.8 Å². The van der Waals surface area contributed by atoms with Crippen molar-refractivity contribution in [2.45, 2.75) is 30.5 Å². The van der Waals surface area contributed by atoms with E-state index in [0.717, 1.165) is 16.7 Å². The van der Waals surface area contributed by atoms with Crippen LogP contribution in [-0.4, -0.2) is 52.3 Å². The molecule has 0 unspecified atom stereocenters. The predicted molar refractivity (Wildman–Crippen MR) is 148 cm³/mol. The van der Waals surface area contributed by atoms with E-state index in [-0.39, 0.29) is 19.6 Å². The molecular weight excluding hydrogens is 512 g/mol. The highest BCUT2D eigenvalue weighted by atomic mass is 16.6. The van der Waals surface area contributed by atoms with Crippen LogP contribution < -0.4 is 16.0 Å². The summed E-state index contributed by atoms with van der Waals surface area (Å²) >= 11 is 0. The molecule has 1 aliphatic heterocycles. The Bertz CT molecular complexity index is 1460. The van der Waals surface area contributed by atoms with Crippen LogP contribution in [0.4, 0.5) is 0 Å². The molecule has 9 heteroatoms. The second-order valence-electron chi connectivity index (χ2n) is 9.70. The topological polar surface area (TPSA) is 123 Å². The molecule has 0 spiro atoms. The van der Waals surface area contributed by atoms with E-state index in [1.54, 1.807) is 7.11 Å². The first-order valence-electron chi connectivity index (χ1n) is 13.1. The van der Waals surface area contributed by atoms with Crippen molar-refractivity contribution in [1.29, 1.82) is 0 Å². The molecule has 3 N–H and O–H groups in total. The van der Waals surface area contributed by atoms with Gasteiger partial charge in [-0.1, -0.05) is 72.8 Å². The molecule has 5 rings (SSSR count). The number of aliphatic hydroxyl groups is 2. The molecule has 0 saturated carbocycles. The number of aromatic amines is 1. The molecule has 0 radical (unpaired) electrons. The van der Waals surface area contributed by atoms with Gasteiger partial charge >= 0.3 is 5.69 Å². The fraction of sp³-hybridized carbons (Fsp3) is 0.290. The standard InChI is InChI=1S/C31H32N2O7/c1-38-24-14-12-23(13-15-24)31(21-8-4-2-5-9-21,22-10-6-3-7-11-22)39-20-26-28(36)25(17-19-34)29(40-26)33-18-16-27(35)32-30(33)37/h2-16,18,25-26,28-29,34,36H,17,19-20H2,1H3,(H,32,35,37)/t25-,26-,28+,29-/m1/s1. The zero-order chi connectivity index (χ0) is 28.1. The third-order valence-corrected chi connectivity index (χ3v) is 7.41. The number of rotatable bonds is 10. The Kier molecular flexibility index (Phi) is 8.27. The molecule has 208 valence electrons. The van der Waals surface area contributed by atoms with E-state index in [1.807, 2.05) is 84.9 Å². The van der Waals surface area contributed by atoms with Crippen molar-refractivity contribution in [1.82, 2.24) is 9.55 Å². The molecular formula is C31H32N2O7. The molecule has 2 heterocycles. The summed E-state index contributed by atoms with van der Waals surface area (Å²) in [6, 6.07) is 28.4. The van der Waals surface area contributed by atoms with Gasteiger partial charge in [0.15, 0.2) is 0 Å². The molecule has 1 saturated heterocycles. The quantitative estimate of drug-likeness (QED) is 0.263. The Hall–Kier alpha value is -4.02. The first kappa shape index (κ1) is 27.5. The van der Waals surface area contributed by atoms with Gasteiger partial charge in [-0.25, -0.2) is 4.79 Å². The van der Waals surface area contributed by atoms with E-state index >= 15 is 0 Å². The number of benzene rings is 3. The second-order valence-corrected chi connectivity index (χ2v) is 9.70. The first-order valence-corrected chi connectivity index (χ1v) is 13.1. The monoisotopic (exact) mass is 544 g/mol. The predicted octanol–water partition coefficient (Wildman–Crippen LogP) is 2.81. The number of ether oxygens (including phenoxy) is 3. The molecule has 0 aliphatic carbocycles. The zero-order valence-corrected chi connectivity index (χ0v) is 22.1. The number of H-pyrrole nitrogens is 1. The van der Waals surface area contributed by atoms with Crippen LogP contribution in [0.25, 0.3) is 0 Å². The number of nitrogens with one attached hydrogen (secondary N) is 1. The van der Waals surface area contributed by atoms with E-state index in [2.05, 4.69) is 4.98 Å². The lowest BCUT2D eigenvalue weighted by Gasteiger charge is -2.37. The van der Waals surface area contributed by atoms with Gasteiger partial charge in [-0.2, -0.15) is 0 Å². The van der Waals surface area contributed by atoms with Crippen molar-refractivity contribution in [2.24, 2.45) is 5.92 Å². The van der Waals surface area contributed by atoms with Crippen molar-refractivity contribution >= 4 is 0 Å². The molecule has 4 aromatic rings. The van der Waals surface area contributed by atoms with Crippen LogP contribution in [0.1, 0.15) is 29.3 Å². The van der Waals surface area contributed by atoms with Gasteiger partial charge < -0.3 is 24.4 Å². The van der Waals surface area contributed by atoms with Crippen molar-refractivity contribution < 1.29 is 24.4 Å². The summed E-state index contributed by atoms with van der Waals surface area (Å²) in [4.78, 5) is 26.4. The van der Waals surface area contributed by atoms with Gasteiger partial charge in [-0.05, 0) is 35.2 Å². The highest BCUT2D eigenvalue weighted by molar-refractivity contribution is 5.48. The number of hydrogen-bond acceptors (Lipinski definition) is 7.